The zero-order valence-electron chi connectivity index (χ0n) is 16.3. The highest BCUT2D eigenvalue weighted by molar-refractivity contribution is 5.41. The minimum absolute atomic E-state index is 0.217. The Morgan fingerprint density at radius 3 is 1.25 bits per heavy atom. The lowest BCUT2D eigenvalue weighted by Crippen LogP contribution is -2.18. The topological polar surface area (TPSA) is 0 Å². The lowest BCUT2D eigenvalue weighted by atomic mass is 9.78. The van der Waals surface area contributed by atoms with Crippen LogP contribution in [0.1, 0.15) is 74.9 Å². The maximum Gasteiger partial charge on any atom is -0.0129 e. The van der Waals surface area contributed by atoms with Crippen molar-refractivity contribution in [2.24, 2.45) is 0 Å². The van der Waals surface area contributed by atoms with Crippen LogP contribution in [0.25, 0.3) is 0 Å². The Balaban J connectivity index is 2.07. The highest BCUT2D eigenvalue weighted by Crippen LogP contribution is 2.32. The second kappa shape index (κ2) is 6.06. The summed E-state index contributed by atoms with van der Waals surface area (Å²) in [5.74, 6) is 0. The van der Waals surface area contributed by atoms with E-state index < -0.39 is 0 Å². The molecule has 4 aliphatic rings. The third-order valence-electron chi connectivity index (χ3n) is 5.33. The molecule has 0 radical (unpaired) electrons. The molecule has 24 heavy (non-hydrogen) atoms. The van der Waals surface area contributed by atoms with Crippen LogP contribution in [0.5, 0.6) is 0 Å². The van der Waals surface area contributed by atoms with Gasteiger partial charge in [-0.1, -0.05) is 77.9 Å². The van der Waals surface area contributed by atoms with Gasteiger partial charge < -0.3 is 0 Å². The third kappa shape index (κ3) is 3.58. The number of benzene rings is 2. The SMILES string of the molecule is CC(C)(C)c1cc2ccc1CCc1ccc(c(C(C)(C)C)c1)CC2. The van der Waals surface area contributed by atoms with Gasteiger partial charge in [0, 0.05) is 0 Å². The number of hydrogen-bond acceptors (Lipinski definition) is 0. The van der Waals surface area contributed by atoms with Gasteiger partial charge in [0.25, 0.3) is 0 Å². The number of aryl methyl sites for hydroxylation is 4. The zero-order valence-corrected chi connectivity index (χ0v) is 16.3. The van der Waals surface area contributed by atoms with Gasteiger partial charge in [0.1, 0.15) is 0 Å². The van der Waals surface area contributed by atoms with Crippen LogP contribution < -0.4 is 0 Å². The Bertz CT molecular complexity index is 670. The zero-order chi connectivity index (χ0) is 17.5. The van der Waals surface area contributed by atoms with E-state index in [-0.39, 0.29) is 10.8 Å². The molecule has 0 amide bonds. The van der Waals surface area contributed by atoms with Gasteiger partial charge in [-0.25, -0.2) is 0 Å². The van der Waals surface area contributed by atoms with Crippen LogP contribution in [0.3, 0.4) is 0 Å². The van der Waals surface area contributed by atoms with Gasteiger partial charge in [-0.15, -0.1) is 0 Å². The molecule has 0 fully saturated rings. The molecule has 0 nitrogen and oxygen atoms in total. The molecule has 0 aromatic heterocycles. The fraction of sp³-hybridized carbons (Fsp3) is 0.500. The fourth-order valence-corrected chi connectivity index (χ4v) is 3.95. The molecule has 0 atom stereocenters. The maximum absolute atomic E-state index is 2.47. The van der Waals surface area contributed by atoms with E-state index in [0.717, 1.165) is 25.7 Å². The van der Waals surface area contributed by atoms with Crippen molar-refractivity contribution < 1.29 is 0 Å². The standard InChI is InChI=1S/C24H32/c1-23(2,3)21-15-17-7-11-19(21)13-9-18-8-12-20(14-10-17)22(16-18)24(4,5)6/h7-8,11-12,15-16H,9-10,13-14H2,1-6H3. The molecule has 0 unspecified atom stereocenters. The lowest BCUT2D eigenvalue weighted by Gasteiger charge is -2.27. The maximum atomic E-state index is 2.47. The smallest absolute Gasteiger partial charge is 0.0129 e. The summed E-state index contributed by atoms with van der Waals surface area (Å²) in [6.07, 6.45) is 4.53. The first-order valence-electron chi connectivity index (χ1n) is 9.39. The Labute approximate surface area is 148 Å². The third-order valence-corrected chi connectivity index (χ3v) is 5.33. The molecule has 6 rings (SSSR count). The molecule has 0 heteroatoms. The van der Waals surface area contributed by atoms with E-state index >= 15 is 0 Å². The van der Waals surface area contributed by atoms with Gasteiger partial charge in [-0.05, 0) is 69.9 Å². The summed E-state index contributed by atoms with van der Waals surface area (Å²) in [5.41, 5.74) is 9.50. The molecule has 4 aliphatic carbocycles. The van der Waals surface area contributed by atoms with Crippen molar-refractivity contribution in [1.29, 1.82) is 0 Å². The van der Waals surface area contributed by atoms with Crippen molar-refractivity contribution in [2.75, 3.05) is 0 Å². The molecule has 0 spiro atoms. The van der Waals surface area contributed by atoms with Crippen LogP contribution in [0.15, 0.2) is 36.4 Å². The molecule has 2 aromatic rings. The molecule has 0 heterocycles. The normalized spacial score (nSPS) is 15.2. The second-order valence-corrected chi connectivity index (χ2v) is 9.48. The van der Waals surface area contributed by atoms with Crippen molar-refractivity contribution in [1.82, 2.24) is 0 Å². The summed E-state index contributed by atoms with van der Waals surface area (Å²) in [6, 6.07) is 14.4. The summed E-state index contributed by atoms with van der Waals surface area (Å²) in [5, 5.41) is 0. The molecule has 4 bridgehead atoms. The predicted molar refractivity (Wildman–Crippen MR) is 105 cm³/mol. The van der Waals surface area contributed by atoms with Gasteiger partial charge in [-0.2, -0.15) is 0 Å². The van der Waals surface area contributed by atoms with Gasteiger partial charge in [0.15, 0.2) is 0 Å². The second-order valence-electron chi connectivity index (χ2n) is 9.48. The van der Waals surface area contributed by atoms with Crippen molar-refractivity contribution >= 4 is 0 Å². The van der Waals surface area contributed by atoms with E-state index in [2.05, 4.69) is 77.9 Å². The quantitative estimate of drug-likeness (QED) is 0.545. The lowest BCUT2D eigenvalue weighted by molar-refractivity contribution is 0.576. The van der Waals surface area contributed by atoms with Crippen LogP contribution in [0.2, 0.25) is 0 Å². The van der Waals surface area contributed by atoms with Crippen molar-refractivity contribution in [2.45, 2.75) is 78.1 Å². The summed E-state index contributed by atoms with van der Waals surface area (Å²) >= 11 is 0. The minimum atomic E-state index is 0.217. The van der Waals surface area contributed by atoms with E-state index in [1.807, 2.05) is 0 Å². The molecule has 128 valence electrons. The molecule has 0 saturated carbocycles. The first-order valence-corrected chi connectivity index (χ1v) is 9.39. The highest BCUT2D eigenvalue weighted by Gasteiger charge is 2.21. The molecular weight excluding hydrogens is 288 g/mol. The van der Waals surface area contributed by atoms with Gasteiger partial charge in [-0.3, -0.25) is 0 Å². The van der Waals surface area contributed by atoms with Gasteiger partial charge >= 0.3 is 0 Å². The van der Waals surface area contributed by atoms with Crippen molar-refractivity contribution in [3.05, 3.63) is 69.8 Å². The van der Waals surface area contributed by atoms with Gasteiger partial charge in [0.05, 0.1) is 0 Å². The summed E-state index contributed by atoms with van der Waals surface area (Å²) in [6.45, 7) is 14.0. The average molecular weight is 321 g/mol. The van der Waals surface area contributed by atoms with Crippen molar-refractivity contribution in [3.8, 4) is 0 Å². The molecular formula is C24H32. The molecule has 2 aromatic carbocycles. The Morgan fingerprint density at radius 2 is 0.917 bits per heavy atom. The van der Waals surface area contributed by atoms with E-state index in [4.69, 9.17) is 0 Å². The number of rotatable bonds is 0. The molecule has 0 aliphatic heterocycles. The summed E-state index contributed by atoms with van der Waals surface area (Å²) < 4.78 is 0. The van der Waals surface area contributed by atoms with E-state index in [1.165, 1.54) is 33.4 Å². The van der Waals surface area contributed by atoms with Crippen LogP contribution >= 0.6 is 0 Å². The van der Waals surface area contributed by atoms with Crippen LogP contribution in [0, 0.1) is 0 Å². The largest absolute Gasteiger partial charge is 0.0587 e. The van der Waals surface area contributed by atoms with Gasteiger partial charge in [0.2, 0.25) is 0 Å². The predicted octanol–water partition coefficient (Wildman–Crippen LogP) is 6.17. The molecule has 0 N–H and O–H groups in total. The number of hydrogen-bond donors (Lipinski definition) is 0. The Morgan fingerprint density at radius 1 is 0.542 bits per heavy atom. The average Bonchev–Trinajstić information content (AvgIpc) is 2.47. The van der Waals surface area contributed by atoms with Crippen LogP contribution in [-0.2, 0) is 36.5 Å². The van der Waals surface area contributed by atoms with E-state index in [0.29, 0.717) is 0 Å². The van der Waals surface area contributed by atoms with Crippen molar-refractivity contribution in [3.63, 3.8) is 0 Å². The van der Waals surface area contributed by atoms with E-state index in [9.17, 15) is 0 Å². The Hall–Kier alpha value is -1.56. The van der Waals surface area contributed by atoms with Crippen LogP contribution in [0.4, 0.5) is 0 Å². The fourth-order valence-electron chi connectivity index (χ4n) is 3.95. The molecule has 0 saturated heterocycles. The summed E-state index contributed by atoms with van der Waals surface area (Å²) in [7, 11) is 0. The summed E-state index contributed by atoms with van der Waals surface area (Å²) in [4.78, 5) is 0. The monoisotopic (exact) mass is 320 g/mol. The van der Waals surface area contributed by atoms with E-state index in [1.54, 1.807) is 0 Å². The minimum Gasteiger partial charge on any atom is -0.0587 e. The first-order chi connectivity index (χ1) is 11.1. The first kappa shape index (κ1) is 17.3. The Kier molecular flexibility index (Phi) is 4.36. The van der Waals surface area contributed by atoms with Crippen LogP contribution in [-0.4, -0.2) is 0 Å². The highest BCUT2D eigenvalue weighted by atomic mass is 14.3.